The van der Waals surface area contributed by atoms with E-state index < -0.39 is 5.82 Å². The molecule has 0 spiro atoms. The molecule has 0 aliphatic rings. The zero-order valence-corrected chi connectivity index (χ0v) is 15.1. The molecule has 0 radical (unpaired) electrons. The highest BCUT2D eigenvalue weighted by atomic mass is 19.1. The molecule has 0 fully saturated rings. The van der Waals surface area contributed by atoms with Gasteiger partial charge in [-0.2, -0.15) is 0 Å². The topological polar surface area (TPSA) is 91.7 Å². The van der Waals surface area contributed by atoms with Crippen LogP contribution in [0.1, 0.15) is 11.4 Å². The van der Waals surface area contributed by atoms with Crippen molar-refractivity contribution in [1.29, 1.82) is 0 Å². The minimum absolute atomic E-state index is 0.0476. The second kappa shape index (κ2) is 6.31. The number of nitrogens with zero attached hydrogens (tertiary/aromatic N) is 5. The number of nitrogens with two attached hydrogens (primary N) is 1. The lowest BCUT2D eigenvalue weighted by molar-refractivity contribution is 0.410. The molecule has 1 aromatic carbocycles. The Morgan fingerprint density at radius 1 is 1.11 bits per heavy atom. The molecule has 0 aliphatic carbocycles. The van der Waals surface area contributed by atoms with Crippen LogP contribution in [-0.4, -0.2) is 24.5 Å². The van der Waals surface area contributed by atoms with Crippen molar-refractivity contribution < 1.29 is 9.13 Å². The first kappa shape index (κ1) is 16.9. The average Bonchev–Trinajstić information content (AvgIpc) is 2.90. The normalized spacial score (nSPS) is 11.1. The predicted octanol–water partition coefficient (Wildman–Crippen LogP) is 3.56. The molecular weight excluding hydrogens is 347 g/mol. The van der Waals surface area contributed by atoms with Crippen molar-refractivity contribution in [2.24, 2.45) is 7.05 Å². The van der Waals surface area contributed by atoms with Gasteiger partial charge in [0.25, 0.3) is 0 Å². The Kier molecular flexibility index (Phi) is 3.95. The van der Waals surface area contributed by atoms with Crippen LogP contribution in [0.2, 0.25) is 0 Å². The summed E-state index contributed by atoms with van der Waals surface area (Å²) in [5.74, 6) is -0.122. The van der Waals surface area contributed by atoms with Crippen LogP contribution in [0, 0.1) is 19.7 Å². The van der Waals surface area contributed by atoms with E-state index in [0.29, 0.717) is 22.4 Å². The van der Waals surface area contributed by atoms with Gasteiger partial charge in [0.05, 0.1) is 5.39 Å². The number of halogens is 1. The van der Waals surface area contributed by atoms with E-state index in [9.17, 15) is 4.39 Å². The van der Waals surface area contributed by atoms with Gasteiger partial charge in [0.1, 0.15) is 17.8 Å². The number of anilines is 1. The highest BCUT2D eigenvalue weighted by Crippen LogP contribution is 2.37. The predicted molar refractivity (Wildman–Crippen MR) is 99.9 cm³/mol. The molecule has 8 heteroatoms. The third-order valence-electron chi connectivity index (χ3n) is 4.48. The molecule has 0 unspecified atom stereocenters. The van der Waals surface area contributed by atoms with Crippen LogP contribution in [0.15, 0.2) is 36.8 Å². The van der Waals surface area contributed by atoms with Crippen LogP contribution >= 0.6 is 0 Å². The molecule has 3 heterocycles. The summed E-state index contributed by atoms with van der Waals surface area (Å²) in [7, 11) is 1.89. The molecule has 0 atom stereocenters. The van der Waals surface area contributed by atoms with E-state index in [1.165, 1.54) is 12.4 Å². The summed E-state index contributed by atoms with van der Waals surface area (Å²) in [6.07, 6.45) is 2.98. The summed E-state index contributed by atoms with van der Waals surface area (Å²) >= 11 is 0. The molecule has 0 aliphatic heterocycles. The number of aryl methyl sites for hydroxylation is 2. The first-order valence-electron chi connectivity index (χ1n) is 8.28. The lowest BCUT2D eigenvalue weighted by Gasteiger charge is -2.08. The number of nitrogen functional groups attached to an aromatic ring is 1. The van der Waals surface area contributed by atoms with Gasteiger partial charge in [-0.25, -0.2) is 24.3 Å². The van der Waals surface area contributed by atoms with Crippen molar-refractivity contribution in [1.82, 2.24) is 24.5 Å². The van der Waals surface area contributed by atoms with Crippen molar-refractivity contribution in [3.63, 3.8) is 0 Å². The maximum Gasteiger partial charge on any atom is 0.322 e. The third kappa shape index (κ3) is 2.84. The van der Waals surface area contributed by atoms with Crippen LogP contribution in [0.3, 0.4) is 0 Å². The Morgan fingerprint density at radius 3 is 2.67 bits per heavy atom. The van der Waals surface area contributed by atoms with Crippen LogP contribution in [0.5, 0.6) is 11.8 Å². The standard InChI is InChI=1S/C19H17FN6O/c1-10-6-7-22-19(25-10)27-14-5-4-12(8-13(14)20)15-11(2)26(3)18-16(15)17(21)23-9-24-18/h4-9H,1-3H3,(H2,21,23,24). The Labute approximate surface area is 154 Å². The van der Waals surface area contributed by atoms with Gasteiger partial charge in [-0.3, -0.25) is 0 Å². The Hall–Kier alpha value is -3.55. The summed E-state index contributed by atoms with van der Waals surface area (Å²) in [4.78, 5) is 16.5. The fourth-order valence-corrected chi connectivity index (χ4v) is 3.06. The molecule has 0 amide bonds. The Bertz CT molecular complexity index is 1170. The molecule has 0 saturated carbocycles. The molecule has 27 heavy (non-hydrogen) atoms. The zero-order chi connectivity index (χ0) is 19.1. The molecule has 136 valence electrons. The maximum atomic E-state index is 14.7. The fourth-order valence-electron chi connectivity index (χ4n) is 3.06. The van der Waals surface area contributed by atoms with E-state index in [2.05, 4.69) is 19.9 Å². The SMILES string of the molecule is Cc1ccnc(Oc2ccc(-c3c(C)n(C)c4ncnc(N)c34)cc2F)n1. The second-order valence-electron chi connectivity index (χ2n) is 6.20. The molecule has 2 N–H and O–H groups in total. The lowest BCUT2D eigenvalue weighted by Crippen LogP contribution is -1.96. The smallest absolute Gasteiger partial charge is 0.322 e. The summed E-state index contributed by atoms with van der Waals surface area (Å²) in [6, 6.07) is 6.55. The molecule has 7 nitrogen and oxygen atoms in total. The van der Waals surface area contributed by atoms with Gasteiger partial charge in [-0.05, 0) is 37.6 Å². The van der Waals surface area contributed by atoms with Crippen LogP contribution in [0.4, 0.5) is 10.2 Å². The minimum atomic E-state index is -0.524. The number of aromatic nitrogens is 5. The van der Waals surface area contributed by atoms with Crippen LogP contribution in [0.25, 0.3) is 22.2 Å². The van der Waals surface area contributed by atoms with Gasteiger partial charge in [0.15, 0.2) is 11.6 Å². The summed E-state index contributed by atoms with van der Waals surface area (Å²) in [6.45, 7) is 3.74. The van der Waals surface area contributed by atoms with Gasteiger partial charge in [-0.15, -0.1) is 0 Å². The Morgan fingerprint density at radius 2 is 1.93 bits per heavy atom. The Balaban J connectivity index is 1.80. The number of ether oxygens (including phenoxy) is 1. The van der Waals surface area contributed by atoms with E-state index >= 15 is 0 Å². The number of fused-ring (bicyclic) bond motifs is 1. The van der Waals surface area contributed by atoms with E-state index in [1.54, 1.807) is 24.4 Å². The maximum absolute atomic E-state index is 14.7. The zero-order valence-electron chi connectivity index (χ0n) is 15.1. The second-order valence-corrected chi connectivity index (χ2v) is 6.20. The number of benzene rings is 1. The molecule has 4 aromatic rings. The largest absolute Gasteiger partial charge is 0.421 e. The van der Waals surface area contributed by atoms with E-state index in [1.807, 2.05) is 25.5 Å². The van der Waals surface area contributed by atoms with Gasteiger partial charge in [-0.1, -0.05) is 6.07 Å². The van der Waals surface area contributed by atoms with E-state index in [-0.39, 0.29) is 11.8 Å². The highest BCUT2D eigenvalue weighted by molar-refractivity contribution is 6.02. The van der Waals surface area contributed by atoms with Gasteiger partial charge >= 0.3 is 6.01 Å². The van der Waals surface area contributed by atoms with Crippen LogP contribution < -0.4 is 10.5 Å². The number of hydrogen-bond donors (Lipinski definition) is 1. The van der Waals surface area contributed by atoms with Gasteiger partial charge in [0.2, 0.25) is 0 Å². The van der Waals surface area contributed by atoms with Crippen molar-refractivity contribution in [2.45, 2.75) is 13.8 Å². The third-order valence-corrected chi connectivity index (χ3v) is 4.48. The minimum Gasteiger partial charge on any atom is -0.421 e. The van der Waals surface area contributed by atoms with Crippen molar-refractivity contribution >= 4 is 16.9 Å². The average molecular weight is 364 g/mol. The van der Waals surface area contributed by atoms with Crippen LogP contribution in [-0.2, 0) is 7.05 Å². The highest BCUT2D eigenvalue weighted by Gasteiger charge is 2.19. The number of rotatable bonds is 3. The van der Waals surface area contributed by atoms with Crippen molar-refractivity contribution in [3.05, 3.63) is 54.0 Å². The molecular formula is C19H17FN6O. The summed E-state index contributed by atoms with van der Waals surface area (Å²) < 4.78 is 22.1. The van der Waals surface area contributed by atoms with E-state index in [0.717, 1.165) is 17.0 Å². The lowest BCUT2D eigenvalue weighted by atomic mass is 10.0. The molecule has 4 rings (SSSR count). The monoisotopic (exact) mass is 364 g/mol. The van der Waals surface area contributed by atoms with Crippen molar-refractivity contribution in [3.8, 4) is 22.9 Å². The summed E-state index contributed by atoms with van der Waals surface area (Å²) in [5, 5.41) is 0.701. The van der Waals surface area contributed by atoms with E-state index in [4.69, 9.17) is 10.5 Å². The van der Waals surface area contributed by atoms with Gasteiger partial charge in [0, 0.05) is 30.2 Å². The molecule has 0 bridgehead atoms. The fraction of sp³-hybridized carbons (Fsp3) is 0.158. The first-order chi connectivity index (χ1) is 13.0. The first-order valence-corrected chi connectivity index (χ1v) is 8.28. The van der Waals surface area contributed by atoms with Gasteiger partial charge < -0.3 is 15.0 Å². The quantitative estimate of drug-likeness (QED) is 0.598. The number of hydrogen-bond acceptors (Lipinski definition) is 6. The molecule has 0 saturated heterocycles. The molecule has 3 aromatic heterocycles. The summed E-state index contributed by atoms with van der Waals surface area (Å²) in [5.41, 5.74) is 9.86. The van der Waals surface area contributed by atoms with Crippen molar-refractivity contribution in [2.75, 3.05) is 5.73 Å².